The van der Waals surface area contributed by atoms with E-state index < -0.39 is 18.5 Å². The zero-order chi connectivity index (χ0) is 17.3. The summed E-state index contributed by atoms with van der Waals surface area (Å²) in [4.78, 5) is 36.0. The van der Waals surface area contributed by atoms with Crippen LogP contribution in [-0.4, -0.2) is 58.8 Å². The molecule has 3 atom stereocenters. The van der Waals surface area contributed by atoms with Crippen molar-refractivity contribution < 1.29 is 14.4 Å². The van der Waals surface area contributed by atoms with E-state index in [1.165, 1.54) is 0 Å². The highest BCUT2D eigenvalue weighted by Gasteiger charge is 2.28. The van der Waals surface area contributed by atoms with Crippen LogP contribution in [0, 0.1) is 0 Å². The zero-order valence-electron chi connectivity index (χ0n) is 12.7. The summed E-state index contributed by atoms with van der Waals surface area (Å²) < 4.78 is 0. The summed E-state index contributed by atoms with van der Waals surface area (Å²) in [6.07, 6.45) is -1.49. The van der Waals surface area contributed by atoms with Gasteiger partial charge in [0.15, 0.2) is 0 Å². The smallest absolute Gasteiger partial charge is 0.236 e. The summed E-state index contributed by atoms with van der Waals surface area (Å²) in [5.41, 5.74) is 0. The van der Waals surface area contributed by atoms with Gasteiger partial charge < -0.3 is 16.0 Å². The molecule has 0 aromatic carbocycles. The van der Waals surface area contributed by atoms with Gasteiger partial charge in [-0.3, -0.25) is 14.4 Å². The lowest BCUT2D eigenvalue weighted by molar-refractivity contribution is -0.124. The van der Waals surface area contributed by atoms with Crippen molar-refractivity contribution in [3.63, 3.8) is 0 Å². The van der Waals surface area contributed by atoms with Crippen LogP contribution < -0.4 is 16.0 Å². The fourth-order valence-electron chi connectivity index (χ4n) is 2.04. The third-order valence-corrected chi connectivity index (χ3v) is 3.54. The van der Waals surface area contributed by atoms with Crippen LogP contribution in [0.3, 0.4) is 0 Å². The van der Waals surface area contributed by atoms with Crippen LogP contribution in [0.15, 0.2) is 0 Å². The van der Waals surface area contributed by atoms with Crippen LogP contribution in [-0.2, 0) is 14.4 Å². The summed E-state index contributed by atoms with van der Waals surface area (Å²) >= 11 is 16.4. The van der Waals surface area contributed by atoms with Gasteiger partial charge in [0.05, 0.1) is 18.5 Å². The Hall–Kier alpha value is -0.760. The maximum Gasteiger partial charge on any atom is 0.236 e. The third kappa shape index (κ3) is 7.49. The molecule has 0 saturated carbocycles. The van der Waals surface area contributed by atoms with E-state index in [9.17, 15) is 14.4 Å². The molecule has 0 aliphatic heterocycles. The molecule has 0 fully saturated rings. The molecule has 0 aliphatic carbocycles. The predicted molar refractivity (Wildman–Crippen MR) is 86.8 cm³/mol. The van der Waals surface area contributed by atoms with E-state index in [4.69, 9.17) is 34.8 Å². The average Bonchev–Trinajstić information content (AvgIpc) is 2.46. The van der Waals surface area contributed by atoms with E-state index in [2.05, 4.69) is 16.0 Å². The first-order chi connectivity index (χ1) is 10.3. The van der Waals surface area contributed by atoms with E-state index in [-0.39, 0.29) is 35.4 Å². The molecule has 3 amide bonds. The van der Waals surface area contributed by atoms with Crippen molar-refractivity contribution in [2.45, 2.75) is 39.3 Å². The minimum Gasteiger partial charge on any atom is -0.340 e. The fourth-order valence-corrected chi connectivity index (χ4v) is 2.28. The van der Waals surface area contributed by atoms with Crippen LogP contribution in [0.5, 0.6) is 0 Å². The first-order valence-electron chi connectivity index (χ1n) is 6.60. The van der Waals surface area contributed by atoms with Crippen LogP contribution in [0.4, 0.5) is 0 Å². The van der Waals surface area contributed by atoms with Crippen LogP contribution >= 0.6 is 34.8 Å². The number of carbonyl (C=O) groups is 3. The van der Waals surface area contributed by atoms with Crippen molar-refractivity contribution in [3.05, 3.63) is 0 Å². The quantitative estimate of drug-likeness (QED) is 0.402. The van der Waals surface area contributed by atoms with Crippen molar-refractivity contribution in [1.29, 1.82) is 0 Å². The van der Waals surface area contributed by atoms with Gasteiger partial charge in [0.25, 0.3) is 0 Å². The van der Waals surface area contributed by atoms with Gasteiger partial charge >= 0.3 is 0 Å². The largest absolute Gasteiger partial charge is 0.340 e. The minimum atomic E-state index is -0.498. The second-order valence-electron chi connectivity index (χ2n) is 4.58. The first-order valence-corrected chi connectivity index (χ1v) is 8.20. The van der Waals surface area contributed by atoms with Crippen molar-refractivity contribution >= 4 is 52.5 Å². The summed E-state index contributed by atoms with van der Waals surface area (Å²) in [6.45, 7) is 5.12. The van der Waals surface area contributed by atoms with Gasteiger partial charge in [-0.25, -0.2) is 4.90 Å². The van der Waals surface area contributed by atoms with Gasteiger partial charge in [-0.15, -0.1) is 34.8 Å². The highest BCUT2D eigenvalue weighted by Crippen LogP contribution is 2.07. The molecule has 128 valence electrons. The van der Waals surface area contributed by atoms with Gasteiger partial charge in [0.2, 0.25) is 17.7 Å². The molecule has 0 radical (unpaired) electrons. The fraction of sp³-hybridized carbons (Fsp3) is 0.750. The molecule has 3 N–H and O–H groups in total. The Bertz CT molecular complexity index is 341. The van der Waals surface area contributed by atoms with E-state index in [1.807, 2.05) is 0 Å². The van der Waals surface area contributed by atoms with Gasteiger partial charge in [0, 0.05) is 0 Å². The summed E-state index contributed by atoms with van der Waals surface area (Å²) in [5.74, 6) is -1.68. The van der Waals surface area contributed by atoms with Crippen molar-refractivity contribution in [3.8, 4) is 0 Å². The number of halogens is 3. The number of rotatable bonds is 9. The topological polar surface area (TPSA) is 90.5 Å². The van der Waals surface area contributed by atoms with Gasteiger partial charge in [0.1, 0.15) is 17.6 Å². The van der Waals surface area contributed by atoms with Gasteiger partial charge in [-0.05, 0) is 20.8 Å². The number of hydrogen-bond acceptors (Lipinski definition) is 4. The number of nitrogens with zero attached hydrogens (tertiary/aromatic N) is 1. The van der Waals surface area contributed by atoms with Gasteiger partial charge in [-0.1, -0.05) is 0 Å². The minimum absolute atomic E-state index is 0.191. The molecule has 0 aromatic heterocycles. The van der Waals surface area contributed by atoms with Crippen molar-refractivity contribution in [2.24, 2.45) is 0 Å². The molecule has 0 aliphatic rings. The second kappa shape index (κ2) is 10.9. The molecule has 7 nitrogen and oxygen atoms in total. The van der Waals surface area contributed by atoms with Crippen LogP contribution in [0.2, 0.25) is 0 Å². The summed E-state index contributed by atoms with van der Waals surface area (Å²) in [6, 6.07) is 0. The maximum atomic E-state index is 11.4. The number of carbonyl (C=O) groups excluding carboxylic acids is 3. The van der Waals surface area contributed by atoms with E-state index >= 15 is 0 Å². The van der Waals surface area contributed by atoms with E-state index in [1.54, 1.807) is 25.7 Å². The van der Waals surface area contributed by atoms with Crippen molar-refractivity contribution in [2.75, 3.05) is 17.6 Å². The Morgan fingerprint density at radius 2 is 0.955 bits per heavy atom. The highest BCUT2D eigenvalue weighted by atomic mass is 35.5. The molecule has 0 aromatic rings. The summed E-state index contributed by atoms with van der Waals surface area (Å²) in [5, 5.41) is 7.98. The van der Waals surface area contributed by atoms with Crippen LogP contribution in [0.1, 0.15) is 20.8 Å². The predicted octanol–water partition coefficient (Wildman–Crippen LogP) is 0.391. The van der Waals surface area contributed by atoms with Gasteiger partial charge in [-0.2, -0.15) is 0 Å². The molecule has 10 heteroatoms. The molecule has 0 rings (SSSR count). The lowest BCUT2D eigenvalue weighted by Gasteiger charge is -2.39. The lowest BCUT2D eigenvalue weighted by Crippen LogP contribution is -2.62. The second-order valence-corrected chi connectivity index (χ2v) is 5.38. The van der Waals surface area contributed by atoms with Crippen molar-refractivity contribution in [1.82, 2.24) is 20.9 Å². The maximum absolute atomic E-state index is 11.4. The Morgan fingerprint density at radius 1 is 0.727 bits per heavy atom. The molecular weight excluding hydrogens is 355 g/mol. The zero-order valence-corrected chi connectivity index (χ0v) is 14.9. The number of amides is 3. The number of nitrogens with one attached hydrogen (secondary N) is 3. The molecule has 0 saturated heterocycles. The van der Waals surface area contributed by atoms with E-state index in [0.717, 1.165) is 0 Å². The molecule has 0 heterocycles. The highest BCUT2D eigenvalue weighted by molar-refractivity contribution is 6.27. The molecule has 22 heavy (non-hydrogen) atoms. The lowest BCUT2D eigenvalue weighted by atomic mass is 10.3. The summed E-state index contributed by atoms with van der Waals surface area (Å²) in [7, 11) is 0. The Balaban J connectivity index is 5.06. The Kier molecular flexibility index (Phi) is 10.5. The SMILES string of the molecule is CC(NC(=O)CCl)N(C(C)NC(=O)CCl)C(C)NC(=O)CCl. The molecule has 0 spiro atoms. The molecular formula is C12H21Cl3N4O3. The van der Waals surface area contributed by atoms with E-state index in [0.29, 0.717) is 0 Å². The normalized spacial score (nSPS) is 14.9. The average molecular weight is 376 g/mol. The number of hydrogen-bond donors (Lipinski definition) is 3. The Labute approximate surface area is 145 Å². The molecule has 0 bridgehead atoms. The standard InChI is InChI=1S/C12H21Cl3N4O3/c1-7(16-10(20)4-13)19(8(2)17-11(21)5-14)9(3)18-12(22)6-15/h7-9H,4-6H2,1-3H3,(H,16,20)(H,17,21)(H,18,22). The first kappa shape index (κ1) is 21.2. The van der Waals surface area contributed by atoms with Crippen LogP contribution in [0.25, 0.3) is 0 Å². The molecule has 3 unspecified atom stereocenters. The Morgan fingerprint density at radius 3 is 1.14 bits per heavy atom. The number of alkyl halides is 3. The monoisotopic (exact) mass is 374 g/mol. The third-order valence-electron chi connectivity index (χ3n) is 2.82.